The van der Waals surface area contributed by atoms with Gasteiger partial charge in [-0.3, -0.25) is 0 Å². The summed E-state index contributed by atoms with van der Waals surface area (Å²) in [4.78, 5) is 0. The van der Waals surface area contributed by atoms with E-state index in [1.807, 2.05) is 0 Å². The van der Waals surface area contributed by atoms with Crippen LogP contribution in [-0.2, 0) is 18.5 Å². The monoisotopic (exact) mass is 396 g/mol. The lowest BCUT2D eigenvalue weighted by molar-refractivity contribution is 0.00578. The molecule has 0 aromatic heterocycles. The van der Waals surface area contributed by atoms with Gasteiger partial charge in [-0.1, -0.05) is 27.7 Å². The van der Waals surface area contributed by atoms with Gasteiger partial charge < -0.3 is 18.5 Å². The van der Waals surface area contributed by atoms with E-state index in [1.54, 1.807) is 0 Å². The van der Waals surface area contributed by atoms with Crippen molar-refractivity contribution >= 4 is 15.4 Å². The molecule has 0 aromatic rings. The number of hydrogen-bond acceptors (Lipinski definition) is 4. The van der Waals surface area contributed by atoms with Crippen LogP contribution < -0.4 is 0 Å². The van der Waals surface area contributed by atoms with Crippen LogP contribution in [0.25, 0.3) is 0 Å². The molecule has 2 fully saturated rings. The molecule has 156 valence electrons. The summed E-state index contributed by atoms with van der Waals surface area (Å²) in [5.74, 6) is 0.486. The number of epoxide rings is 1. The average molecular weight is 396 g/mol. The van der Waals surface area contributed by atoms with Gasteiger partial charge >= 0.3 is 7.12 Å². The highest BCUT2D eigenvalue weighted by Gasteiger charge is 2.52. The van der Waals surface area contributed by atoms with E-state index in [0.29, 0.717) is 12.0 Å². The molecule has 0 spiro atoms. The van der Waals surface area contributed by atoms with E-state index in [9.17, 15) is 0 Å². The molecule has 2 heterocycles. The van der Waals surface area contributed by atoms with Crippen molar-refractivity contribution in [2.24, 2.45) is 5.92 Å². The molecule has 0 bridgehead atoms. The van der Waals surface area contributed by atoms with E-state index in [-0.39, 0.29) is 29.5 Å². The Morgan fingerprint density at radius 3 is 2.11 bits per heavy atom. The van der Waals surface area contributed by atoms with Crippen molar-refractivity contribution in [2.75, 3.05) is 6.61 Å². The maximum absolute atomic E-state index is 6.29. The van der Waals surface area contributed by atoms with E-state index in [4.69, 9.17) is 18.5 Å². The van der Waals surface area contributed by atoms with Crippen molar-refractivity contribution in [3.05, 3.63) is 12.1 Å². The van der Waals surface area contributed by atoms with Crippen LogP contribution in [0.1, 0.15) is 68.2 Å². The number of ether oxygens (including phenoxy) is 1. The maximum atomic E-state index is 6.29. The van der Waals surface area contributed by atoms with Crippen LogP contribution in [-0.4, -0.2) is 45.5 Å². The fourth-order valence-corrected chi connectivity index (χ4v) is 4.09. The van der Waals surface area contributed by atoms with Crippen molar-refractivity contribution in [1.82, 2.24) is 0 Å². The normalized spacial score (nSPS) is 28.3. The van der Waals surface area contributed by atoms with E-state index in [2.05, 4.69) is 75.1 Å². The predicted molar refractivity (Wildman–Crippen MR) is 115 cm³/mol. The van der Waals surface area contributed by atoms with Crippen LogP contribution in [0.4, 0.5) is 0 Å². The van der Waals surface area contributed by atoms with Crippen LogP contribution in [0.3, 0.4) is 0 Å². The summed E-state index contributed by atoms with van der Waals surface area (Å²) in [6.45, 7) is 26.9. The average Bonchev–Trinajstić information content (AvgIpc) is 3.15. The Hall–Kier alpha value is -0.138. The largest absolute Gasteiger partial charge is 0.489 e. The molecule has 2 aliphatic heterocycles. The molecule has 2 saturated heterocycles. The lowest BCUT2D eigenvalue weighted by Crippen LogP contribution is -2.41. The predicted octanol–water partition coefficient (Wildman–Crippen LogP) is 5.38. The van der Waals surface area contributed by atoms with E-state index in [1.165, 1.54) is 0 Å². The Morgan fingerprint density at radius 2 is 1.63 bits per heavy atom. The topological polar surface area (TPSA) is 40.2 Å². The minimum atomic E-state index is -1.70. The molecule has 0 radical (unpaired) electrons. The van der Waals surface area contributed by atoms with E-state index in [0.717, 1.165) is 24.9 Å². The second-order valence-electron chi connectivity index (χ2n) is 11.1. The summed E-state index contributed by atoms with van der Waals surface area (Å²) in [5.41, 5.74) is 0.404. The third-order valence-corrected chi connectivity index (χ3v) is 11.4. The summed E-state index contributed by atoms with van der Waals surface area (Å²) in [6, 6.07) is 0. The van der Waals surface area contributed by atoms with E-state index >= 15 is 0 Å². The van der Waals surface area contributed by atoms with Gasteiger partial charge in [0.15, 0.2) is 8.32 Å². The molecule has 0 unspecified atom stereocenters. The van der Waals surface area contributed by atoms with Crippen LogP contribution in [0.2, 0.25) is 18.1 Å². The first-order chi connectivity index (χ1) is 12.1. The standard InChI is InChI=1S/C21H41BO4Si/c1-15(12-16(2)22-25-20(6,7)21(8,9)26-22)13-17-18(24-17)14-23-27(10,11)19(3,4)5/h15,17-18H,2,12-14H2,1,3-11H3/t15-,17+,18+/m1/s1. The fourth-order valence-electron chi connectivity index (χ4n) is 3.07. The second-order valence-corrected chi connectivity index (χ2v) is 15.9. The zero-order valence-electron chi connectivity index (χ0n) is 19.3. The summed E-state index contributed by atoms with van der Waals surface area (Å²) in [5, 5.41) is 0.241. The Labute approximate surface area is 168 Å². The molecule has 4 nitrogen and oxygen atoms in total. The van der Waals surface area contributed by atoms with E-state index < -0.39 is 8.32 Å². The zero-order valence-corrected chi connectivity index (χ0v) is 20.3. The molecule has 27 heavy (non-hydrogen) atoms. The Kier molecular flexibility index (Phi) is 6.51. The number of rotatable bonds is 8. The third-order valence-electron chi connectivity index (χ3n) is 6.93. The first-order valence-electron chi connectivity index (χ1n) is 10.4. The van der Waals surface area contributed by atoms with Gasteiger partial charge in [-0.05, 0) is 70.1 Å². The van der Waals surface area contributed by atoms with Crippen LogP contribution in [0.15, 0.2) is 12.1 Å². The molecular weight excluding hydrogens is 355 g/mol. The molecule has 0 aromatic carbocycles. The fraction of sp³-hybridized carbons (Fsp3) is 0.905. The first-order valence-corrected chi connectivity index (χ1v) is 13.3. The van der Waals surface area contributed by atoms with Crippen molar-refractivity contribution < 1.29 is 18.5 Å². The van der Waals surface area contributed by atoms with Crippen LogP contribution >= 0.6 is 0 Å². The van der Waals surface area contributed by atoms with Crippen molar-refractivity contribution in [1.29, 1.82) is 0 Å². The third kappa shape index (κ3) is 5.47. The van der Waals surface area contributed by atoms with Crippen molar-refractivity contribution in [3.63, 3.8) is 0 Å². The van der Waals surface area contributed by atoms with Gasteiger partial charge in [0.25, 0.3) is 0 Å². The molecule has 0 N–H and O–H groups in total. The smallest absolute Gasteiger partial charge is 0.414 e. The molecular formula is C21H41BO4Si. The number of allylic oxidation sites excluding steroid dienone is 1. The maximum Gasteiger partial charge on any atom is 0.489 e. The first kappa shape index (κ1) is 23.1. The quantitative estimate of drug-likeness (QED) is 0.408. The highest BCUT2D eigenvalue weighted by Crippen LogP contribution is 2.41. The molecule has 0 saturated carbocycles. The Bertz CT molecular complexity index is 537. The molecule has 0 aliphatic carbocycles. The lowest BCUT2D eigenvalue weighted by Gasteiger charge is -2.36. The summed E-state index contributed by atoms with van der Waals surface area (Å²) in [6.07, 6.45) is 2.50. The Morgan fingerprint density at radius 1 is 1.11 bits per heavy atom. The summed E-state index contributed by atoms with van der Waals surface area (Å²) < 4.78 is 24.4. The summed E-state index contributed by atoms with van der Waals surface area (Å²) >= 11 is 0. The van der Waals surface area contributed by atoms with Gasteiger partial charge in [0.1, 0.15) is 6.10 Å². The highest BCUT2D eigenvalue weighted by molar-refractivity contribution is 6.74. The van der Waals surface area contributed by atoms with Gasteiger partial charge in [0.05, 0.1) is 23.9 Å². The molecule has 2 rings (SSSR count). The van der Waals surface area contributed by atoms with Crippen molar-refractivity contribution in [3.8, 4) is 0 Å². The minimum absolute atomic E-state index is 0.241. The summed E-state index contributed by atoms with van der Waals surface area (Å²) in [7, 11) is -2.01. The molecule has 0 amide bonds. The second kappa shape index (κ2) is 7.60. The van der Waals surface area contributed by atoms with Crippen LogP contribution in [0, 0.1) is 5.92 Å². The lowest BCUT2D eigenvalue weighted by atomic mass is 9.74. The van der Waals surface area contributed by atoms with Gasteiger partial charge in [-0.2, -0.15) is 0 Å². The van der Waals surface area contributed by atoms with Gasteiger partial charge in [-0.15, -0.1) is 6.58 Å². The van der Waals surface area contributed by atoms with Crippen molar-refractivity contribution in [2.45, 2.75) is 110 Å². The molecule has 2 aliphatic rings. The SMILES string of the molecule is C=C(C[C@@H](C)C[C@@H]1O[C@H]1CO[Si](C)(C)C(C)(C)C)B1OC(C)(C)C(C)(C)O1. The highest BCUT2D eigenvalue weighted by atomic mass is 28.4. The molecule has 3 atom stereocenters. The Balaban J connectivity index is 1.73. The molecule has 6 heteroatoms. The van der Waals surface area contributed by atoms with Gasteiger partial charge in [0, 0.05) is 0 Å². The zero-order chi connectivity index (χ0) is 20.8. The minimum Gasteiger partial charge on any atom is -0.414 e. The van der Waals surface area contributed by atoms with Crippen LogP contribution in [0.5, 0.6) is 0 Å². The number of hydrogen-bond donors (Lipinski definition) is 0. The van der Waals surface area contributed by atoms with Gasteiger partial charge in [0.2, 0.25) is 0 Å². The van der Waals surface area contributed by atoms with Gasteiger partial charge in [-0.25, -0.2) is 0 Å².